The number of fused-ring (bicyclic) bond motifs is 1. The van der Waals surface area contributed by atoms with Crippen molar-refractivity contribution < 1.29 is 9.13 Å². The van der Waals surface area contributed by atoms with Crippen LogP contribution in [0.3, 0.4) is 0 Å². The summed E-state index contributed by atoms with van der Waals surface area (Å²) in [7, 11) is 0. The van der Waals surface area contributed by atoms with Crippen molar-refractivity contribution in [2.24, 2.45) is 0 Å². The number of anilines is 1. The number of halogens is 3. The van der Waals surface area contributed by atoms with Crippen LogP contribution in [-0.4, -0.2) is 6.61 Å². The van der Waals surface area contributed by atoms with Gasteiger partial charge in [-0.3, -0.25) is 0 Å². The zero-order valence-corrected chi connectivity index (χ0v) is 14.4. The highest BCUT2D eigenvalue weighted by molar-refractivity contribution is 9.10. The van der Waals surface area contributed by atoms with Gasteiger partial charge in [0.25, 0.3) is 0 Å². The van der Waals surface area contributed by atoms with Crippen LogP contribution in [0.25, 0.3) is 0 Å². The Bertz CT molecular complexity index is 663. The van der Waals surface area contributed by atoms with Crippen molar-refractivity contribution >= 4 is 37.5 Å². The molecule has 1 aliphatic rings. The average molecular weight is 415 g/mol. The first-order chi connectivity index (χ1) is 10.1. The van der Waals surface area contributed by atoms with Crippen molar-refractivity contribution in [1.82, 2.24) is 0 Å². The Morgan fingerprint density at radius 3 is 2.81 bits per heavy atom. The molecule has 1 aliphatic heterocycles. The fraction of sp³-hybridized carbons (Fsp3) is 0.250. The SMILES string of the molecule is Fc1cc(NC2CCCOc3cc(Br)ccc32)ccc1Br. The minimum absolute atomic E-state index is 0.121. The largest absolute Gasteiger partial charge is 0.493 e. The fourth-order valence-electron chi connectivity index (χ4n) is 2.48. The standard InChI is InChI=1S/C16H14Br2FNO/c17-10-3-5-12-15(2-1-7-21-16(12)8-10)20-11-4-6-13(18)14(19)9-11/h3-6,8-9,15,20H,1-2,7H2. The summed E-state index contributed by atoms with van der Waals surface area (Å²) in [5.41, 5.74) is 1.88. The van der Waals surface area contributed by atoms with Crippen LogP contribution in [0.15, 0.2) is 45.3 Å². The van der Waals surface area contributed by atoms with E-state index in [-0.39, 0.29) is 11.9 Å². The number of ether oxygens (including phenoxy) is 1. The van der Waals surface area contributed by atoms with Gasteiger partial charge < -0.3 is 10.1 Å². The van der Waals surface area contributed by atoms with E-state index in [1.165, 1.54) is 6.07 Å². The predicted octanol–water partition coefficient (Wildman–Crippen LogP) is 5.68. The summed E-state index contributed by atoms with van der Waals surface area (Å²) < 4.78 is 20.9. The molecule has 0 amide bonds. The van der Waals surface area contributed by atoms with Gasteiger partial charge in [-0.2, -0.15) is 0 Å². The van der Waals surface area contributed by atoms with Gasteiger partial charge in [0.05, 0.1) is 17.1 Å². The molecule has 1 atom stereocenters. The maximum absolute atomic E-state index is 13.6. The van der Waals surface area contributed by atoms with Crippen LogP contribution in [0.2, 0.25) is 0 Å². The number of rotatable bonds is 2. The summed E-state index contributed by atoms with van der Waals surface area (Å²) in [5, 5.41) is 3.41. The van der Waals surface area contributed by atoms with Gasteiger partial charge in [0.1, 0.15) is 11.6 Å². The zero-order valence-electron chi connectivity index (χ0n) is 11.2. The first kappa shape index (κ1) is 14.9. The molecule has 0 spiro atoms. The monoisotopic (exact) mass is 413 g/mol. The minimum Gasteiger partial charge on any atom is -0.493 e. The van der Waals surface area contributed by atoms with Crippen LogP contribution in [0.1, 0.15) is 24.4 Å². The molecule has 21 heavy (non-hydrogen) atoms. The van der Waals surface area contributed by atoms with E-state index in [1.54, 1.807) is 6.07 Å². The molecule has 2 aromatic carbocycles. The van der Waals surface area contributed by atoms with Crippen LogP contribution in [0.4, 0.5) is 10.1 Å². The first-order valence-electron chi connectivity index (χ1n) is 6.77. The minimum atomic E-state index is -0.263. The Hall–Kier alpha value is -1.07. The Morgan fingerprint density at radius 2 is 2.00 bits per heavy atom. The lowest BCUT2D eigenvalue weighted by Crippen LogP contribution is -2.10. The third-order valence-corrected chi connectivity index (χ3v) is 4.64. The molecule has 5 heteroatoms. The van der Waals surface area contributed by atoms with Gasteiger partial charge in [-0.25, -0.2) is 4.39 Å². The molecule has 1 N–H and O–H groups in total. The summed E-state index contributed by atoms with van der Waals surface area (Å²) in [5.74, 6) is 0.623. The summed E-state index contributed by atoms with van der Waals surface area (Å²) in [4.78, 5) is 0. The normalized spacial score (nSPS) is 17.6. The Morgan fingerprint density at radius 1 is 1.14 bits per heavy atom. The van der Waals surface area contributed by atoms with Gasteiger partial charge in [-0.1, -0.05) is 22.0 Å². The third-order valence-electron chi connectivity index (χ3n) is 3.51. The van der Waals surface area contributed by atoms with Crippen molar-refractivity contribution in [3.8, 4) is 5.75 Å². The maximum atomic E-state index is 13.6. The van der Waals surface area contributed by atoms with Gasteiger partial charge in [0, 0.05) is 15.7 Å². The Kier molecular flexibility index (Phi) is 4.50. The van der Waals surface area contributed by atoms with Crippen LogP contribution in [0.5, 0.6) is 5.75 Å². The second-order valence-electron chi connectivity index (χ2n) is 5.00. The number of hydrogen-bond acceptors (Lipinski definition) is 2. The summed E-state index contributed by atoms with van der Waals surface area (Å²) in [6.45, 7) is 0.705. The third kappa shape index (κ3) is 3.40. The Balaban J connectivity index is 1.90. The van der Waals surface area contributed by atoms with E-state index >= 15 is 0 Å². The molecule has 0 bridgehead atoms. The number of benzene rings is 2. The fourth-order valence-corrected chi connectivity index (χ4v) is 3.07. The second kappa shape index (κ2) is 6.36. The van der Waals surface area contributed by atoms with E-state index in [1.807, 2.05) is 18.2 Å². The molecular formula is C16H14Br2FNO. The molecule has 0 saturated carbocycles. The van der Waals surface area contributed by atoms with Crippen LogP contribution in [0, 0.1) is 5.82 Å². The number of hydrogen-bond donors (Lipinski definition) is 1. The lowest BCUT2D eigenvalue weighted by molar-refractivity contribution is 0.316. The van der Waals surface area contributed by atoms with Crippen molar-refractivity contribution in [3.05, 3.63) is 56.7 Å². The quantitative estimate of drug-likeness (QED) is 0.682. The lowest BCUT2D eigenvalue weighted by Gasteiger charge is -2.20. The molecule has 2 nitrogen and oxygen atoms in total. The smallest absolute Gasteiger partial charge is 0.139 e. The van der Waals surface area contributed by atoms with Crippen molar-refractivity contribution in [2.45, 2.75) is 18.9 Å². The van der Waals surface area contributed by atoms with E-state index < -0.39 is 0 Å². The van der Waals surface area contributed by atoms with Crippen LogP contribution < -0.4 is 10.1 Å². The van der Waals surface area contributed by atoms with E-state index in [0.717, 1.165) is 34.3 Å². The van der Waals surface area contributed by atoms with Gasteiger partial charge in [0.15, 0.2) is 0 Å². The van der Waals surface area contributed by atoms with Gasteiger partial charge in [-0.05, 0) is 59.1 Å². The van der Waals surface area contributed by atoms with E-state index in [2.05, 4.69) is 43.2 Å². The summed E-state index contributed by atoms with van der Waals surface area (Å²) in [6.07, 6.45) is 1.91. The lowest BCUT2D eigenvalue weighted by atomic mass is 10.0. The van der Waals surface area contributed by atoms with Crippen molar-refractivity contribution in [2.75, 3.05) is 11.9 Å². The molecule has 2 aromatic rings. The zero-order chi connectivity index (χ0) is 14.8. The van der Waals surface area contributed by atoms with Crippen molar-refractivity contribution in [1.29, 1.82) is 0 Å². The molecule has 0 aliphatic carbocycles. The average Bonchev–Trinajstić information content (AvgIpc) is 2.65. The molecule has 1 heterocycles. The number of nitrogens with one attached hydrogen (secondary N) is 1. The van der Waals surface area contributed by atoms with Gasteiger partial charge in [-0.15, -0.1) is 0 Å². The van der Waals surface area contributed by atoms with E-state index in [9.17, 15) is 4.39 Å². The predicted molar refractivity (Wildman–Crippen MR) is 89.3 cm³/mol. The highest BCUT2D eigenvalue weighted by atomic mass is 79.9. The van der Waals surface area contributed by atoms with E-state index in [4.69, 9.17) is 4.74 Å². The molecule has 3 rings (SSSR count). The molecule has 0 aromatic heterocycles. The topological polar surface area (TPSA) is 21.3 Å². The van der Waals surface area contributed by atoms with Crippen molar-refractivity contribution in [3.63, 3.8) is 0 Å². The van der Waals surface area contributed by atoms with E-state index in [0.29, 0.717) is 11.1 Å². The molecule has 0 fully saturated rings. The summed E-state index contributed by atoms with van der Waals surface area (Å²) >= 11 is 6.64. The molecule has 110 valence electrons. The van der Waals surface area contributed by atoms with Crippen LogP contribution >= 0.6 is 31.9 Å². The Labute approximate surface area is 140 Å². The summed E-state index contributed by atoms with van der Waals surface area (Å²) in [6, 6.07) is 11.3. The highest BCUT2D eigenvalue weighted by Gasteiger charge is 2.20. The molecule has 1 unspecified atom stereocenters. The van der Waals surface area contributed by atoms with Gasteiger partial charge in [0.2, 0.25) is 0 Å². The second-order valence-corrected chi connectivity index (χ2v) is 6.77. The maximum Gasteiger partial charge on any atom is 0.139 e. The van der Waals surface area contributed by atoms with Gasteiger partial charge >= 0.3 is 0 Å². The molecule has 0 radical (unpaired) electrons. The first-order valence-corrected chi connectivity index (χ1v) is 8.36. The molecular weight excluding hydrogens is 401 g/mol. The molecule has 0 saturated heterocycles. The highest BCUT2D eigenvalue weighted by Crippen LogP contribution is 2.36. The van der Waals surface area contributed by atoms with Crippen LogP contribution in [-0.2, 0) is 0 Å².